The summed E-state index contributed by atoms with van der Waals surface area (Å²) in [6, 6.07) is 3.62. The van der Waals surface area contributed by atoms with Gasteiger partial charge in [0.05, 0.1) is 40.4 Å². The fraction of sp³-hybridized carbons (Fsp3) is 0.286. The predicted molar refractivity (Wildman–Crippen MR) is 140 cm³/mol. The number of aliphatic hydroxyl groups excluding tert-OH is 1. The van der Waals surface area contributed by atoms with Gasteiger partial charge in [0.15, 0.2) is 17.1 Å². The van der Waals surface area contributed by atoms with Crippen molar-refractivity contribution in [1.82, 2.24) is 20.3 Å². The molecule has 0 saturated heterocycles. The number of fused-ring (bicyclic) bond motifs is 1. The third-order valence-electron chi connectivity index (χ3n) is 6.65. The maximum Gasteiger partial charge on any atom is 0.418 e. The summed E-state index contributed by atoms with van der Waals surface area (Å²) in [5.74, 6) is -3.81. The van der Waals surface area contributed by atoms with Crippen LogP contribution in [0.5, 0.6) is 11.6 Å². The average Bonchev–Trinajstić information content (AvgIpc) is 2.90. The maximum atomic E-state index is 14.2. The monoisotopic (exact) mass is 576 g/mol. The molecule has 13 heteroatoms. The van der Waals surface area contributed by atoms with E-state index in [1.165, 1.54) is 19.2 Å². The topological polar surface area (TPSA) is 117 Å². The molecule has 0 saturated carbocycles. The van der Waals surface area contributed by atoms with Gasteiger partial charge in [0, 0.05) is 24.0 Å². The molecule has 0 bridgehead atoms. The first-order valence-corrected chi connectivity index (χ1v) is 12.4. The number of pyridine rings is 3. The molecule has 41 heavy (non-hydrogen) atoms. The molecule has 216 valence electrons. The molecule has 0 aliphatic heterocycles. The van der Waals surface area contributed by atoms with E-state index < -0.39 is 46.6 Å². The van der Waals surface area contributed by atoms with Gasteiger partial charge < -0.3 is 20.1 Å². The number of carbonyl (C=O) groups excluding carboxylic acids is 1. The normalized spacial score (nSPS) is 12.6. The molecular weight excluding hydrogens is 551 g/mol. The minimum atomic E-state index is -4.81. The number of benzene rings is 1. The third kappa shape index (κ3) is 5.75. The van der Waals surface area contributed by atoms with E-state index in [0.29, 0.717) is 6.20 Å². The maximum absolute atomic E-state index is 14.2. The van der Waals surface area contributed by atoms with E-state index in [2.05, 4.69) is 20.3 Å². The van der Waals surface area contributed by atoms with E-state index in [0.717, 1.165) is 25.1 Å². The zero-order chi connectivity index (χ0) is 30.2. The zero-order valence-electron chi connectivity index (χ0n) is 22.3. The molecule has 0 aliphatic rings. The van der Waals surface area contributed by atoms with Gasteiger partial charge in [0.2, 0.25) is 5.88 Å². The van der Waals surface area contributed by atoms with Gasteiger partial charge in [-0.25, -0.2) is 13.8 Å². The first-order valence-electron chi connectivity index (χ1n) is 12.4. The molecule has 0 radical (unpaired) electrons. The average molecular weight is 577 g/mol. The summed E-state index contributed by atoms with van der Waals surface area (Å²) < 4.78 is 74.9. The second kappa shape index (κ2) is 11.2. The molecule has 0 fully saturated rings. The lowest BCUT2D eigenvalue weighted by atomic mass is 10.0. The Morgan fingerprint density at radius 1 is 1.12 bits per heavy atom. The first-order chi connectivity index (χ1) is 19.2. The fourth-order valence-electron chi connectivity index (χ4n) is 4.28. The fourth-order valence-corrected chi connectivity index (χ4v) is 4.28. The number of carbonyl (C=O) groups is 1. The molecule has 0 spiro atoms. The van der Waals surface area contributed by atoms with Gasteiger partial charge in [-0.2, -0.15) is 13.2 Å². The van der Waals surface area contributed by atoms with Crippen LogP contribution in [0.4, 0.5) is 22.0 Å². The van der Waals surface area contributed by atoms with Crippen LogP contribution in [0.25, 0.3) is 22.2 Å². The van der Waals surface area contributed by atoms with Crippen LogP contribution in [0.1, 0.15) is 41.0 Å². The van der Waals surface area contributed by atoms with Crippen molar-refractivity contribution in [2.45, 2.75) is 39.9 Å². The largest absolute Gasteiger partial charge is 0.438 e. The van der Waals surface area contributed by atoms with Gasteiger partial charge in [-0.3, -0.25) is 14.6 Å². The lowest BCUT2D eigenvalue weighted by Gasteiger charge is -2.20. The Hall–Kier alpha value is -4.39. The summed E-state index contributed by atoms with van der Waals surface area (Å²) >= 11 is 0. The second-order valence-electron chi connectivity index (χ2n) is 9.70. The molecule has 1 atom stereocenters. The summed E-state index contributed by atoms with van der Waals surface area (Å²) in [4.78, 5) is 36.9. The lowest BCUT2D eigenvalue weighted by molar-refractivity contribution is -0.138. The van der Waals surface area contributed by atoms with Crippen LogP contribution < -0.4 is 15.5 Å². The Morgan fingerprint density at radius 3 is 2.46 bits per heavy atom. The third-order valence-corrected chi connectivity index (χ3v) is 6.65. The minimum Gasteiger partial charge on any atom is -0.438 e. The Balaban J connectivity index is 1.91. The highest BCUT2D eigenvalue weighted by molar-refractivity contribution is 6.04. The number of ether oxygens (including phenoxy) is 1. The van der Waals surface area contributed by atoms with E-state index >= 15 is 0 Å². The SMILES string of the molecule is Cc1c(Oc2ncc(C(F)(F)F)c(C)c2-c2cc(=O)c3c(C(=O)N[C@@H](CO)C(C)C)nccc3[nH]2)ccc(F)c1F. The lowest BCUT2D eigenvalue weighted by Crippen LogP contribution is -2.41. The van der Waals surface area contributed by atoms with Gasteiger partial charge in [0.25, 0.3) is 5.91 Å². The molecule has 1 amide bonds. The van der Waals surface area contributed by atoms with Crippen molar-refractivity contribution < 1.29 is 36.6 Å². The van der Waals surface area contributed by atoms with Crippen molar-refractivity contribution in [3.8, 4) is 22.9 Å². The Bertz CT molecular complexity index is 1700. The van der Waals surface area contributed by atoms with Gasteiger partial charge in [-0.15, -0.1) is 0 Å². The van der Waals surface area contributed by atoms with Gasteiger partial charge >= 0.3 is 6.18 Å². The minimum absolute atomic E-state index is 0.0736. The number of halogens is 5. The highest BCUT2D eigenvalue weighted by Crippen LogP contribution is 2.41. The van der Waals surface area contributed by atoms with Crippen LogP contribution in [-0.4, -0.2) is 38.6 Å². The van der Waals surface area contributed by atoms with E-state index in [9.17, 15) is 36.6 Å². The van der Waals surface area contributed by atoms with Crippen LogP contribution in [0, 0.1) is 31.4 Å². The van der Waals surface area contributed by atoms with Crippen molar-refractivity contribution in [2.75, 3.05) is 6.61 Å². The Labute approximate surface area is 230 Å². The number of nitrogens with zero attached hydrogens (tertiary/aromatic N) is 2. The number of nitrogens with one attached hydrogen (secondary N) is 2. The van der Waals surface area contributed by atoms with Crippen LogP contribution in [0.15, 0.2) is 41.5 Å². The molecule has 4 aromatic rings. The van der Waals surface area contributed by atoms with Crippen LogP contribution in [0.3, 0.4) is 0 Å². The molecule has 3 N–H and O–H groups in total. The standard InChI is InChI=1S/C28H25F5N4O4/c1-12(2)19(11-38)37-26(40)25-23-17(7-8-34-25)36-18(9-20(23)39)22-13(3)15(28(31,32)33)10-35-27(22)41-21-6-5-16(29)24(30)14(21)4/h5-10,12,19,38H,11H2,1-4H3,(H,36,39)(H,37,40)/t19-/m0/s1. The number of hydrogen-bond donors (Lipinski definition) is 3. The summed E-state index contributed by atoms with van der Waals surface area (Å²) in [5.41, 5.74) is -3.02. The summed E-state index contributed by atoms with van der Waals surface area (Å²) in [6.45, 7) is 5.59. The number of H-pyrrole nitrogens is 1. The number of rotatable bonds is 7. The highest BCUT2D eigenvalue weighted by atomic mass is 19.4. The van der Waals surface area contributed by atoms with E-state index in [1.54, 1.807) is 13.8 Å². The molecule has 3 heterocycles. The molecule has 8 nitrogen and oxygen atoms in total. The highest BCUT2D eigenvalue weighted by Gasteiger charge is 2.35. The first kappa shape index (κ1) is 29.6. The number of aromatic amines is 1. The summed E-state index contributed by atoms with van der Waals surface area (Å²) in [6.07, 6.45) is -3.03. The number of alkyl halides is 3. The van der Waals surface area contributed by atoms with Crippen LogP contribution in [0.2, 0.25) is 0 Å². The molecule has 0 aliphatic carbocycles. The van der Waals surface area contributed by atoms with E-state index in [4.69, 9.17) is 4.74 Å². The van der Waals surface area contributed by atoms with Crippen LogP contribution >= 0.6 is 0 Å². The number of amides is 1. The van der Waals surface area contributed by atoms with Crippen molar-refractivity contribution in [3.05, 3.63) is 80.9 Å². The summed E-state index contributed by atoms with van der Waals surface area (Å²) in [5, 5.41) is 12.0. The second-order valence-corrected chi connectivity index (χ2v) is 9.70. The van der Waals surface area contributed by atoms with Gasteiger partial charge in [0.1, 0.15) is 11.4 Å². The van der Waals surface area contributed by atoms with Gasteiger partial charge in [-0.05, 0) is 43.5 Å². The van der Waals surface area contributed by atoms with E-state index in [1.807, 2.05) is 0 Å². The van der Waals surface area contributed by atoms with E-state index in [-0.39, 0.29) is 57.3 Å². The Morgan fingerprint density at radius 2 is 1.83 bits per heavy atom. The molecule has 4 rings (SSSR count). The summed E-state index contributed by atoms with van der Waals surface area (Å²) in [7, 11) is 0. The molecule has 1 aromatic carbocycles. The predicted octanol–water partition coefficient (Wildman–Crippen LogP) is 5.44. The molecular formula is C28H25F5N4O4. The van der Waals surface area contributed by atoms with Crippen molar-refractivity contribution in [1.29, 1.82) is 0 Å². The van der Waals surface area contributed by atoms with Crippen LogP contribution in [-0.2, 0) is 6.18 Å². The zero-order valence-corrected chi connectivity index (χ0v) is 22.3. The number of aliphatic hydroxyl groups is 1. The number of aromatic nitrogens is 3. The Kier molecular flexibility index (Phi) is 8.11. The smallest absolute Gasteiger partial charge is 0.418 e. The quantitative estimate of drug-likeness (QED) is 0.253. The van der Waals surface area contributed by atoms with Crippen molar-refractivity contribution >= 4 is 16.8 Å². The number of hydrogen-bond acceptors (Lipinski definition) is 6. The molecule has 0 unspecified atom stereocenters. The van der Waals surface area contributed by atoms with Crippen molar-refractivity contribution in [2.24, 2.45) is 5.92 Å². The molecule has 3 aromatic heterocycles. The van der Waals surface area contributed by atoms with Crippen molar-refractivity contribution in [3.63, 3.8) is 0 Å². The van der Waals surface area contributed by atoms with Gasteiger partial charge in [-0.1, -0.05) is 13.8 Å².